The normalized spacial score (nSPS) is 16.0. The van der Waals surface area contributed by atoms with Gasteiger partial charge in [-0.25, -0.2) is 74.6 Å². The minimum absolute atomic E-state index is 0.192. The molecule has 0 saturated heterocycles. The summed E-state index contributed by atoms with van der Waals surface area (Å²) >= 11 is 0. The fraction of sp³-hybridized carbons (Fsp3) is 0.0968. The number of aryl methyl sites for hydroxylation is 1. The van der Waals surface area contributed by atoms with Gasteiger partial charge in [-0.3, -0.25) is 4.39 Å². The minimum Gasteiger partial charge on any atom is -0.352 e. The Morgan fingerprint density at radius 2 is 0.792 bits per heavy atom. The van der Waals surface area contributed by atoms with E-state index < -0.39 is 139 Å². The smallest absolute Gasteiger partial charge is 0.223 e. The Kier molecular flexibility index (Phi) is 10.7. The van der Waals surface area contributed by atoms with Gasteiger partial charge >= 0.3 is 0 Å². The number of hydrogen-bond donors (Lipinski definition) is 2. The molecule has 0 aromatic heterocycles. The summed E-state index contributed by atoms with van der Waals surface area (Å²) in [5.41, 5.74) is -9.04. The summed E-state index contributed by atoms with van der Waals surface area (Å²) in [5, 5.41) is 0.192. The zero-order valence-electron chi connectivity index (χ0n) is 25.8. The van der Waals surface area contributed by atoms with E-state index in [1.807, 2.05) is 12.1 Å². The number of quaternary nitrogens is 1. The van der Waals surface area contributed by atoms with Crippen LogP contribution in [0.1, 0.15) is 11.1 Å². The van der Waals surface area contributed by atoms with Crippen LogP contribution in [0.3, 0.4) is 0 Å². The monoisotopic (exact) mass is 786 g/mol. The second-order valence-electron chi connectivity index (χ2n) is 11.2. The molecule has 2 nitrogen and oxygen atoms in total. The SMILES string of the molecule is Cc1cccc([NH3+])c1C.FC1=CC(F)=C(F)NC1(F)[B-](c1c(F)c(F)c(F)c(F)c1F)(c1c(F)c(F)c(F)c(F)c1F)c1c(F)c(F)c(F)c(F)c1F. The molecule has 284 valence electrons. The second kappa shape index (κ2) is 14.0. The summed E-state index contributed by atoms with van der Waals surface area (Å²) in [5.74, 6) is -62.1. The van der Waals surface area contributed by atoms with Crippen LogP contribution >= 0.6 is 0 Å². The van der Waals surface area contributed by atoms with Crippen molar-refractivity contribution in [3.63, 3.8) is 0 Å². The molecule has 4 N–H and O–H groups in total. The maximum absolute atomic E-state index is 17.0. The summed E-state index contributed by atoms with van der Waals surface area (Å²) in [4.78, 5) is 0. The van der Waals surface area contributed by atoms with E-state index in [-0.39, 0.29) is 5.32 Å². The van der Waals surface area contributed by atoms with E-state index in [1.54, 1.807) is 0 Å². The Hall–Kier alpha value is -5.15. The van der Waals surface area contributed by atoms with Gasteiger partial charge < -0.3 is 11.1 Å². The Labute approximate surface area is 282 Å². The van der Waals surface area contributed by atoms with Crippen LogP contribution in [0.15, 0.2) is 41.9 Å². The molecule has 0 saturated carbocycles. The fourth-order valence-corrected chi connectivity index (χ4v) is 5.72. The summed E-state index contributed by atoms with van der Waals surface area (Å²) in [6, 6.07) is 6.16. The highest BCUT2D eigenvalue weighted by atomic mass is 19.2. The van der Waals surface area contributed by atoms with Crippen LogP contribution in [0.5, 0.6) is 0 Å². The third-order valence-corrected chi connectivity index (χ3v) is 8.45. The van der Waals surface area contributed by atoms with Gasteiger partial charge in [-0.1, -0.05) is 12.1 Å². The van der Waals surface area contributed by atoms with Crippen molar-refractivity contribution in [1.29, 1.82) is 0 Å². The van der Waals surface area contributed by atoms with Gasteiger partial charge in [-0.05, 0) is 25.5 Å². The van der Waals surface area contributed by atoms with Crippen LogP contribution in [0.25, 0.3) is 0 Å². The first kappa shape index (κ1) is 40.6. The van der Waals surface area contributed by atoms with Crippen molar-refractivity contribution in [2.75, 3.05) is 0 Å². The van der Waals surface area contributed by atoms with Crippen LogP contribution in [-0.4, -0.2) is 11.8 Å². The molecule has 1 unspecified atom stereocenters. The van der Waals surface area contributed by atoms with Gasteiger partial charge in [0.15, 0.2) is 64.3 Å². The third kappa shape index (κ3) is 5.86. The predicted molar refractivity (Wildman–Crippen MR) is 147 cm³/mol. The molecule has 5 rings (SSSR count). The van der Waals surface area contributed by atoms with Crippen molar-refractivity contribution in [1.82, 2.24) is 5.32 Å². The zero-order valence-corrected chi connectivity index (χ0v) is 25.8. The molecule has 0 aliphatic carbocycles. The Morgan fingerprint density at radius 1 is 0.491 bits per heavy atom. The first-order valence-corrected chi connectivity index (χ1v) is 13.9. The molecule has 0 radical (unpaired) electrons. The van der Waals surface area contributed by atoms with Crippen molar-refractivity contribution in [3.05, 3.63) is 140 Å². The van der Waals surface area contributed by atoms with Crippen LogP contribution in [0.2, 0.25) is 0 Å². The van der Waals surface area contributed by atoms with E-state index >= 15 is 35.1 Å². The number of benzene rings is 4. The molecule has 4 aromatic carbocycles. The molecule has 1 heterocycles. The van der Waals surface area contributed by atoms with Crippen molar-refractivity contribution in [3.8, 4) is 0 Å². The Balaban J connectivity index is 0.000000608. The van der Waals surface area contributed by atoms with Gasteiger partial charge in [0.2, 0.25) is 5.95 Å². The maximum Gasteiger partial charge on any atom is 0.223 e. The van der Waals surface area contributed by atoms with E-state index in [1.165, 1.54) is 11.1 Å². The first-order chi connectivity index (χ1) is 24.4. The number of nitrogens with one attached hydrogen (secondary N) is 1. The predicted octanol–water partition coefficient (Wildman–Crippen LogP) is 7.19. The van der Waals surface area contributed by atoms with Gasteiger partial charge in [0.25, 0.3) is 0 Å². The molecule has 1 atom stereocenters. The third-order valence-electron chi connectivity index (χ3n) is 8.45. The summed E-state index contributed by atoms with van der Waals surface area (Å²) in [6.45, 7) is 4.20. The van der Waals surface area contributed by atoms with Gasteiger partial charge in [0.05, 0.1) is 0 Å². The highest BCUT2D eigenvalue weighted by Crippen LogP contribution is 2.41. The molecule has 0 fully saturated rings. The maximum atomic E-state index is 17.0. The van der Waals surface area contributed by atoms with Crippen molar-refractivity contribution < 1.29 is 89.2 Å². The molecule has 22 heteroatoms. The summed E-state index contributed by atoms with van der Waals surface area (Å²) in [6.07, 6.45) is -8.42. The lowest BCUT2D eigenvalue weighted by atomic mass is 9.10. The van der Waals surface area contributed by atoms with E-state index in [9.17, 15) is 48.3 Å². The molecule has 0 spiro atoms. The van der Waals surface area contributed by atoms with Crippen LogP contribution in [-0.2, 0) is 0 Å². The summed E-state index contributed by atoms with van der Waals surface area (Å²) < 4.78 is 281. The lowest BCUT2D eigenvalue weighted by Gasteiger charge is -2.53. The standard InChI is InChI=1S/C23H2BF19N.C8H11N/c25-2-1-3(26)23(43,44-22(2)42)24(4-7(27)13(33)19(39)14(34)8(4)28,5-9(29)15(35)20(40)16(36)10(5)30)6-11(31)17(37)21(41)18(38)12(6)32;1-6-4-3-5-8(9)7(6)2/h1,44H;3-5H,9H2,1-2H3/q-1;/p+1. The average Bonchev–Trinajstić information content (AvgIpc) is 3.11. The average molecular weight is 786 g/mol. The minimum atomic E-state index is -7.29. The van der Waals surface area contributed by atoms with Crippen molar-refractivity contribution >= 4 is 28.2 Å². The molecular weight excluding hydrogens is 772 g/mol. The lowest BCUT2D eigenvalue weighted by Crippen LogP contribution is -2.86. The highest BCUT2D eigenvalue weighted by Gasteiger charge is 2.63. The number of hydrogen-bond acceptors (Lipinski definition) is 1. The fourth-order valence-electron chi connectivity index (χ4n) is 5.72. The number of dihydropyridines is 1. The second-order valence-corrected chi connectivity index (χ2v) is 11.2. The molecular formula is C31H14BF19N2. The first-order valence-electron chi connectivity index (χ1n) is 13.9. The molecule has 53 heavy (non-hydrogen) atoms. The van der Waals surface area contributed by atoms with E-state index in [0.29, 0.717) is 0 Å². The Morgan fingerprint density at radius 3 is 1.08 bits per heavy atom. The number of allylic oxidation sites excluding steroid dienone is 2. The van der Waals surface area contributed by atoms with Crippen LogP contribution in [0.4, 0.5) is 89.1 Å². The van der Waals surface area contributed by atoms with E-state index in [2.05, 4.69) is 25.6 Å². The van der Waals surface area contributed by atoms with Gasteiger partial charge in [-0.2, -0.15) is 4.39 Å². The molecule has 0 bridgehead atoms. The Bertz CT molecular complexity index is 2000. The molecule has 0 amide bonds. The lowest BCUT2D eigenvalue weighted by molar-refractivity contribution is -0.255. The molecule has 1 aliphatic rings. The number of rotatable bonds is 4. The molecule has 1 aliphatic heterocycles. The topological polar surface area (TPSA) is 39.7 Å². The summed E-state index contributed by atoms with van der Waals surface area (Å²) in [7, 11) is 0. The van der Waals surface area contributed by atoms with Crippen LogP contribution in [0, 0.1) is 101 Å². The quantitative estimate of drug-likeness (QED) is 0.0744. The van der Waals surface area contributed by atoms with Gasteiger partial charge in [0, 0.05) is 11.6 Å². The van der Waals surface area contributed by atoms with E-state index in [0.717, 1.165) is 5.69 Å². The van der Waals surface area contributed by atoms with E-state index in [4.69, 9.17) is 0 Å². The zero-order chi connectivity index (χ0) is 40.4. The van der Waals surface area contributed by atoms with Gasteiger partial charge in [0.1, 0.15) is 52.1 Å². The van der Waals surface area contributed by atoms with Crippen molar-refractivity contribution in [2.45, 2.75) is 19.5 Å². The highest BCUT2D eigenvalue weighted by molar-refractivity contribution is 7.14. The number of halogens is 19. The van der Waals surface area contributed by atoms with Crippen LogP contribution < -0.4 is 27.4 Å². The number of alkyl halides is 1. The van der Waals surface area contributed by atoms with Gasteiger partial charge in [-0.15, -0.1) is 16.4 Å². The largest absolute Gasteiger partial charge is 0.352 e. The molecule has 4 aromatic rings. The van der Waals surface area contributed by atoms with Crippen molar-refractivity contribution in [2.24, 2.45) is 0 Å².